The van der Waals surface area contributed by atoms with Crippen molar-refractivity contribution in [2.24, 2.45) is 5.84 Å². The summed E-state index contributed by atoms with van der Waals surface area (Å²) >= 11 is 7.44. The van der Waals surface area contributed by atoms with Gasteiger partial charge in [0.15, 0.2) is 0 Å². The van der Waals surface area contributed by atoms with Crippen molar-refractivity contribution in [3.63, 3.8) is 0 Å². The summed E-state index contributed by atoms with van der Waals surface area (Å²) < 4.78 is 0. The van der Waals surface area contributed by atoms with Crippen LogP contribution in [0.1, 0.15) is 40.1 Å². The first kappa shape index (κ1) is 15.7. The molecule has 0 aromatic carbocycles. The van der Waals surface area contributed by atoms with Gasteiger partial charge in [0, 0.05) is 16.6 Å². The van der Waals surface area contributed by atoms with Crippen LogP contribution in [0.15, 0.2) is 18.3 Å². The van der Waals surface area contributed by atoms with Crippen LogP contribution in [0.2, 0.25) is 5.15 Å². The van der Waals surface area contributed by atoms with Gasteiger partial charge in [0.2, 0.25) is 0 Å². The molecule has 21 heavy (non-hydrogen) atoms. The van der Waals surface area contributed by atoms with Crippen molar-refractivity contribution < 1.29 is 4.79 Å². The van der Waals surface area contributed by atoms with Gasteiger partial charge in [0.25, 0.3) is 5.91 Å². The molecule has 0 aliphatic carbocycles. The fourth-order valence-corrected chi connectivity index (χ4v) is 2.80. The Balaban J connectivity index is 2.11. The molecule has 8 heteroatoms. The number of aryl methyl sites for hydroxylation is 1. The monoisotopic (exact) mass is 325 g/mol. The summed E-state index contributed by atoms with van der Waals surface area (Å²) in [7, 11) is 0. The summed E-state index contributed by atoms with van der Waals surface area (Å²) in [5.41, 5.74) is 2.76. The Morgan fingerprint density at radius 2 is 2.29 bits per heavy atom. The van der Waals surface area contributed by atoms with Gasteiger partial charge in [-0.2, -0.15) is 0 Å². The van der Waals surface area contributed by atoms with Crippen molar-refractivity contribution in [2.45, 2.75) is 26.3 Å². The highest BCUT2D eigenvalue weighted by Gasteiger charge is 2.15. The number of nitrogens with zero attached hydrogens (tertiary/aromatic N) is 2. The van der Waals surface area contributed by atoms with Gasteiger partial charge in [0.1, 0.15) is 16.0 Å². The number of thiazole rings is 1. The van der Waals surface area contributed by atoms with Crippen LogP contribution in [0.3, 0.4) is 0 Å². The van der Waals surface area contributed by atoms with Gasteiger partial charge < -0.3 is 10.7 Å². The molecule has 0 saturated carbocycles. The molecular weight excluding hydrogens is 310 g/mol. The maximum Gasteiger partial charge on any atom is 0.252 e. The Morgan fingerprint density at radius 1 is 1.52 bits per heavy atom. The van der Waals surface area contributed by atoms with Gasteiger partial charge in [-0.1, -0.05) is 18.5 Å². The Morgan fingerprint density at radius 3 is 2.90 bits per heavy atom. The van der Waals surface area contributed by atoms with E-state index in [9.17, 15) is 4.79 Å². The molecule has 0 spiro atoms. The van der Waals surface area contributed by atoms with E-state index in [1.165, 1.54) is 17.0 Å². The molecule has 1 amide bonds. The SMILES string of the molecule is CCc1cnc(C(C)NC(=O)c2cc(Cl)nc(NN)c2)s1. The number of carbonyl (C=O) groups excluding carboxylic acids is 1. The lowest BCUT2D eigenvalue weighted by atomic mass is 10.2. The number of carbonyl (C=O) groups is 1. The quantitative estimate of drug-likeness (QED) is 0.446. The second-order valence-corrected chi connectivity index (χ2v) is 5.96. The second kappa shape index (κ2) is 6.84. The average Bonchev–Trinajstić information content (AvgIpc) is 2.95. The molecule has 112 valence electrons. The van der Waals surface area contributed by atoms with E-state index < -0.39 is 0 Å². The first-order chi connectivity index (χ1) is 10.0. The minimum absolute atomic E-state index is 0.177. The van der Waals surface area contributed by atoms with Crippen LogP contribution in [-0.4, -0.2) is 15.9 Å². The molecule has 2 rings (SSSR count). The minimum Gasteiger partial charge on any atom is -0.343 e. The van der Waals surface area contributed by atoms with Crippen LogP contribution in [0, 0.1) is 0 Å². The fraction of sp³-hybridized carbons (Fsp3) is 0.308. The Kier molecular flexibility index (Phi) is 5.11. The topological polar surface area (TPSA) is 92.9 Å². The minimum atomic E-state index is -0.253. The second-order valence-electron chi connectivity index (χ2n) is 4.42. The number of anilines is 1. The standard InChI is InChI=1S/C13H16ClN5OS/c1-3-9-6-16-13(21-9)7(2)17-12(20)8-4-10(14)18-11(5-8)19-15/h4-7H,3,15H2,1-2H3,(H,17,20)(H,18,19). The van der Waals surface area contributed by atoms with E-state index in [1.807, 2.05) is 13.1 Å². The number of nitrogens with two attached hydrogens (primary N) is 1. The van der Waals surface area contributed by atoms with Gasteiger partial charge in [0.05, 0.1) is 6.04 Å². The molecule has 2 aromatic rings. The van der Waals surface area contributed by atoms with Crippen molar-refractivity contribution >= 4 is 34.7 Å². The third-order valence-electron chi connectivity index (χ3n) is 2.84. The summed E-state index contributed by atoms with van der Waals surface area (Å²) in [6.45, 7) is 3.96. The molecule has 2 heterocycles. The molecule has 0 bridgehead atoms. The van der Waals surface area contributed by atoms with E-state index >= 15 is 0 Å². The molecule has 1 atom stereocenters. The number of nitrogen functional groups attached to an aromatic ring is 1. The molecule has 0 fully saturated rings. The van der Waals surface area contributed by atoms with E-state index in [0.717, 1.165) is 11.4 Å². The highest BCUT2D eigenvalue weighted by atomic mass is 35.5. The van der Waals surface area contributed by atoms with E-state index in [4.69, 9.17) is 17.4 Å². The number of halogens is 1. The zero-order valence-corrected chi connectivity index (χ0v) is 13.3. The van der Waals surface area contributed by atoms with Crippen molar-refractivity contribution in [3.8, 4) is 0 Å². The van der Waals surface area contributed by atoms with E-state index in [-0.39, 0.29) is 17.1 Å². The molecule has 4 N–H and O–H groups in total. The summed E-state index contributed by atoms with van der Waals surface area (Å²) in [6, 6.07) is 2.85. The van der Waals surface area contributed by atoms with Crippen LogP contribution >= 0.6 is 22.9 Å². The smallest absolute Gasteiger partial charge is 0.252 e. The summed E-state index contributed by atoms with van der Waals surface area (Å²) in [4.78, 5) is 21.7. The molecular formula is C13H16ClN5OS. The lowest BCUT2D eigenvalue weighted by Gasteiger charge is -2.12. The van der Waals surface area contributed by atoms with Gasteiger partial charge in [-0.15, -0.1) is 11.3 Å². The molecule has 0 radical (unpaired) electrons. The molecule has 1 unspecified atom stereocenters. The number of nitrogens with one attached hydrogen (secondary N) is 2. The average molecular weight is 326 g/mol. The molecule has 0 aliphatic heterocycles. The van der Waals surface area contributed by atoms with Gasteiger partial charge in [-0.25, -0.2) is 15.8 Å². The number of rotatable bonds is 5. The molecule has 6 nitrogen and oxygen atoms in total. The van der Waals surface area contributed by atoms with Crippen molar-refractivity contribution in [1.82, 2.24) is 15.3 Å². The van der Waals surface area contributed by atoms with Crippen LogP contribution in [0.5, 0.6) is 0 Å². The normalized spacial score (nSPS) is 12.0. The first-order valence-corrected chi connectivity index (χ1v) is 7.62. The summed E-state index contributed by atoms with van der Waals surface area (Å²) in [5, 5.41) is 3.95. The van der Waals surface area contributed by atoms with E-state index in [1.54, 1.807) is 11.3 Å². The summed E-state index contributed by atoms with van der Waals surface area (Å²) in [6.07, 6.45) is 2.77. The predicted octanol–water partition coefficient (Wildman–Crippen LogP) is 2.53. The molecule has 0 aliphatic rings. The maximum absolute atomic E-state index is 12.2. The van der Waals surface area contributed by atoms with Crippen molar-refractivity contribution in [3.05, 3.63) is 38.9 Å². The van der Waals surface area contributed by atoms with Crippen LogP contribution in [-0.2, 0) is 6.42 Å². The number of pyridine rings is 1. The van der Waals surface area contributed by atoms with E-state index in [0.29, 0.717) is 11.4 Å². The van der Waals surface area contributed by atoms with Crippen LogP contribution in [0.25, 0.3) is 0 Å². The van der Waals surface area contributed by atoms with E-state index in [2.05, 4.69) is 27.6 Å². The van der Waals surface area contributed by atoms with Crippen LogP contribution in [0.4, 0.5) is 5.82 Å². The fourth-order valence-electron chi connectivity index (χ4n) is 1.73. The molecule has 0 saturated heterocycles. The number of aromatic nitrogens is 2. The first-order valence-electron chi connectivity index (χ1n) is 6.43. The number of hydrogen-bond acceptors (Lipinski definition) is 6. The Labute approximate surface area is 131 Å². The summed E-state index contributed by atoms with van der Waals surface area (Å²) in [5.74, 6) is 5.37. The lowest BCUT2D eigenvalue weighted by molar-refractivity contribution is 0.0940. The third-order valence-corrected chi connectivity index (χ3v) is 4.36. The van der Waals surface area contributed by atoms with Crippen LogP contribution < -0.4 is 16.6 Å². The Bertz CT molecular complexity index is 645. The zero-order valence-electron chi connectivity index (χ0n) is 11.7. The number of hydrogen-bond donors (Lipinski definition) is 3. The van der Waals surface area contributed by atoms with Crippen molar-refractivity contribution in [2.75, 3.05) is 5.43 Å². The lowest BCUT2D eigenvalue weighted by Crippen LogP contribution is -2.26. The number of hydrazine groups is 1. The predicted molar refractivity (Wildman–Crippen MR) is 84.4 cm³/mol. The highest BCUT2D eigenvalue weighted by molar-refractivity contribution is 7.11. The number of amides is 1. The van der Waals surface area contributed by atoms with Gasteiger partial charge in [-0.3, -0.25) is 4.79 Å². The van der Waals surface area contributed by atoms with Gasteiger partial charge in [-0.05, 0) is 25.5 Å². The zero-order chi connectivity index (χ0) is 15.4. The van der Waals surface area contributed by atoms with Crippen molar-refractivity contribution in [1.29, 1.82) is 0 Å². The largest absolute Gasteiger partial charge is 0.343 e. The highest BCUT2D eigenvalue weighted by Crippen LogP contribution is 2.21. The maximum atomic E-state index is 12.2. The third kappa shape index (κ3) is 3.90. The molecule has 2 aromatic heterocycles. The van der Waals surface area contributed by atoms with Gasteiger partial charge >= 0.3 is 0 Å². The Hall–Kier alpha value is -1.70.